The summed E-state index contributed by atoms with van der Waals surface area (Å²) in [5, 5.41) is 0. The van der Waals surface area contributed by atoms with Gasteiger partial charge < -0.3 is 0 Å². The van der Waals surface area contributed by atoms with E-state index in [4.69, 9.17) is 0 Å². The number of hydrogen-bond acceptors (Lipinski definition) is 2. The van der Waals surface area contributed by atoms with Crippen molar-refractivity contribution in [2.24, 2.45) is 0 Å². The van der Waals surface area contributed by atoms with E-state index >= 15 is 0 Å². The highest BCUT2D eigenvalue weighted by atomic mass is 32.2. The van der Waals surface area contributed by atoms with E-state index in [0.717, 1.165) is 43.2 Å². The summed E-state index contributed by atoms with van der Waals surface area (Å²) < 4.78 is 34.9. The summed E-state index contributed by atoms with van der Waals surface area (Å²) in [7, 11) is -4.22. The van der Waals surface area contributed by atoms with Crippen LogP contribution in [0.15, 0.2) is 17.0 Å². The topological polar surface area (TPSA) is 54.4 Å². The first-order valence-electron chi connectivity index (χ1n) is 10.6. The largest absolute Gasteiger partial charge is 0.295 e. The molecular weight excluding hydrogens is 344 g/mol. The van der Waals surface area contributed by atoms with E-state index < -0.39 is 10.1 Å². The molecule has 1 N–H and O–H groups in total. The lowest BCUT2D eigenvalue weighted by molar-refractivity contribution is 0.426. The molecule has 2 saturated carbocycles. The van der Waals surface area contributed by atoms with Gasteiger partial charge in [0.1, 0.15) is 4.90 Å². The normalized spacial score (nSPS) is 21.7. The second-order valence-electron chi connectivity index (χ2n) is 8.48. The van der Waals surface area contributed by atoms with Gasteiger partial charge >= 0.3 is 0 Å². The third-order valence-corrected chi connectivity index (χ3v) is 7.68. The summed E-state index contributed by atoms with van der Waals surface area (Å²) in [6.07, 6.45) is 12.7. The molecule has 3 nitrogen and oxygen atoms in total. The zero-order valence-corrected chi connectivity index (χ0v) is 17.2. The first-order valence-corrected chi connectivity index (χ1v) is 12.0. The fraction of sp³-hybridized carbons (Fsp3) is 0.727. The molecule has 2 aliphatic rings. The molecular formula is C22H34O3S. The van der Waals surface area contributed by atoms with Gasteiger partial charge in [0.25, 0.3) is 10.1 Å². The van der Waals surface area contributed by atoms with Crippen LogP contribution in [0.1, 0.15) is 119 Å². The summed E-state index contributed by atoms with van der Waals surface area (Å²) in [6, 6.07) is 4.26. The third-order valence-electron chi connectivity index (χ3n) is 6.69. The van der Waals surface area contributed by atoms with Crippen molar-refractivity contribution in [3.8, 4) is 0 Å². The highest BCUT2D eigenvalue weighted by Gasteiger charge is 2.30. The number of benzene rings is 1. The SMILES string of the molecule is CCC(C)c1cc(C2CCCCC2)cc(C2CCCCC2)c1S(=O)(=O)O. The molecule has 0 radical (unpaired) electrons. The molecule has 2 fully saturated rings. The fourth-order valence-corrected chi connectivity index (χ4v) is 6.05. The minimum atomic E-state index is -4.22. The van der Waals surface area contributed by atoms with Crippen LogP contribution in [0.3, 0.4) is 0 Å². The van der Waals surface area contributed by atoms with Crippen molar-refractivity contribution in [1.82, 2.24) is 0 Å². The van der Waals surface area contributed by atoms with Crippen molar-refractivity contribution < 1.29 is 13.0 Å². The van der Waals surface area contributed by atoms with Crippen LogP contribution in [-0.4, -0.2) is 13.0 Å². The van der Waals surface area contributed by atoms with Crippen LogP contribution in [0, 0.1) is 0 Å². The van der Waals surface area contributed by atoms with Gasteiger partial charge in [0.05, 0.1) is 0 Å². The molecule has 1 aromatic carbocycles. The minimum absolute atomic E-state index is 0.137. The summed E-state index contributed by atoms with van der Waals surface area (Å²) in [6.45, 7) is 4.17. The van der Waals surface area contributed by atoms with Crippen LogP contribution in [0.25, 0.3) is 0 Å². The monoisotopic (exact) mass is 378 g/mol. The first kappa shape index (κ1) is 19.9. The lowest BCUT2D eigenvalue weighted by atomic mass is 9.78. The molecule has 1 unspecified atom stereocenters. The molecule has 3 rings (SSSR count). The van der Waals surface area contributed by atoms with Crippen LogP contribution in [0.4, 0.5) is 0 Å². The van der Waals surface area contributed by atoms with Crippen molar-refractivity contribution in [2.75, 3.05) is 0 Å². The molecule has 146 valence electrons. The Morgan fingerprint density at radius 3 is 2.00 bits per heavy atom. The Kier molecular flexibility index (Phi) is 6.45. The molecule has 26 heavy (non-hydrogen) atoms. The Bertz CT molecular complexity index is 711. The van der Waals surface area contributed by atoms with Gasteiger partial charge in [0.2, 0.25) is 0 Å². The number of hydrogen-bond donors (Lipinski definition) is 1. The van der Waals surface area contributed by atoms with Crippen molar-refractivity contribution in [1.29, 1.82) is 0 Å². The molecule has 0 spiro atoms. The maximum absolute atomic E-state index is 12.4. The van der Waals surface area contributed by atoms with Gasteiger partial charge in [-0.1, -0.05) is 64.5 Å². The Morgan fingerprint density at radius 2 is 1.50 bits per heavy atom. The number of rotatable bonds is 5. The lowest BCUT2D eigenvalue weighted by Crippen LogP contribution is -2.16. The van der Waals surface area contributed by atoms with E-state index in [-0.39, 0.29) is 16.7 Å². The summed E-state index contributed by atoms with van der Waals surface area (Å²) in [5.41, 5.74) is 3.07. The average Bonchev–Trinajstić information content (AvgIpc) is 2.67. The molecule has 0 saturated heterocycles. The summed E-state index contributed by atoms with van der Waals surface area (Å²) in [4.78, 5) is 0.235. The molecule has 2 aliphatic carbocycles. The third kappa shape index (κ3) is 4.33. The van der Waals surface area contributed by atoms with Gasteiger partial charge in [-0.25, -0.2) is 0 Å². The van der Waals surface area contributed by atoms with Crippen molar-refractivity contribution in [3.63, 3.8) is 0 Å². The van der Waals surface area contributed by atoms with Gasteiger partial charge in [-0.2, -0.15) is 8.42 Å². The van der Waals surface area contributed by atoms with Crippen molar-refractivity contribution in [3.05, 3.63) is 28.8 Å². The maximum Gasteiger partial charge on any atom is 0.295 e. The van der Waals surface area contributed by atoms with E-state index in [1.54, 1.807) is 0 Å². The van der Waals surface area contributed by atoms with Crippen molar-refractivity contribution >= 4 is 10.1 Å². The van der Waals surface area contributed by atoms with E-state index in [0.29, 0.717) is 5.92 Å². The van der Waals surface area contributed by atoms with Gasteiger partial charge in [-0.3, -0.25) is 4.55 Å². The van der Waals surface area contributed by atoms with Crippen molar-refractivity contribution in [2.45, 2.75) is 107 Å². The Hall–Kier alpha value is -0.870. The average molecular weight is 379 g/mol. The molecule has 4 heteroatoms. The van der Waals surface area contributed by atoms with Gasteiger partial charge in [-0.05, 0) is 66.5 Å². The van der Waals surface area contributed by atoms with Crippen LogP contribution in [0.5, 0.6) is 0 Å². The Balaban J connectivity index is 2.16. The molecule has 1 aromatic rings. The molecule has 0 amide bonds. The van der Waals surface area contributed by atoms with Crippen LogP contribution in [-0.2, 0) is 10.1 Å². The van der Waals surface area contributed by atoms with Crippen LogP contribution in [0.2, 0.25) is 0 Å². The van der Waals surface area contributed by atoms with Crippen LogP contribution >= 0.6 is 0 Å². The highest BCUT2D eigenvalue weighted by molar-refractivity contribution is 7.86. The predicted molar refractivity (Wildman–Crippen MR) is 107 cm³/mol. The quantitative estimate of drug-likeness (QED) is 0.592. The van der Waals surface area contributed by atoms with Gasteiger partial charge in [0.15, 0.2) is 0 Å². The maximum atomic E-state index is 12.4. The van der Waals surface area contributed by atoms with E-state index in [9.17, 15) is 13.0 Å². The van der Waals surface area contributed by atoms with E-state index in [1.165, 1.54) is 44.1 Å². The second-order valence-corrected chi connectivity index (χ2v) is 9.84. The van der Waals surface area contributed by atoms with Crippen LogP contribution < -0.4 is 0 Å². The standard InChI is InChI=1S/C22H34O3S/c1-3-16(2)20-14-19(17-10-6-4-7-11-17)15-21(22(20)26(23,24)25)18-12-8-5-9-13-18/h14-18H,3-13H2,1-2H3,(H,23,24,25). The van der Waals surface area contributed by atoms with E-state index in [2.05, 4.69) is 26.0 Å². The zero-order chi connectivity index (χ0) is 18.7. The fourth-order valence-electron chi connectivity index (χ4n) is 4.97. The van der Waals surface area contributed by atoms with Gasteiger partial charge in [-0.15, -0.1) is 0 Å². The smallest absolute Gasteiger partial charge is 0.282 e. The zero-order valence-electron chi connectivity index (χ0n) is 16.3. The molecule has 1 atom stereocenters. The van der Waals surface area contributed by atoms with E-state index in [1.807, 2.05) is 0 Å². The molecule has 0 bridgehead atoms. The molecule has 0 heterocycles. The molecule has 0 aromatic heterocycles. The summed E-state index contributed by atoms with van der Waals surface area (Å²) in [5.74, 6) is 0.953. The second kappa shape index (κ2) is 8.43. The predicted octanol–water partition coefficient (Wildman–Crippen LogP) is 6.54. The summed E-state index contributed by atoms with van der Waals surface area (Å²) >= 11 is 0. The lowest BCUT2D eigenvalue weighted by Gasteiger charge is -2.29. The molecule has 0 aliphatic heterocycles. The Labute approximate surface area is 159 Å². The highest BCUT2D eigenvalue weighted by Crippen LogP contribution is 2.43. The first-order chi connectivity index (χ1) is 12.4. The minimum Gasteiger partial charge on any atom is -0.282 e. The Morgan fingerprint density at radius 1 is 0.962 bits per heavy atom. The van der Waals surface area contributed by atoms with Gasteiger partial charge in [0, 0.05) is 0 Å².